The van der Waals surface area contributed by atoms with Crippen molar-refractivity contribution in [3.05, 3.63) is 46.9 Å². The van der Waals surface area contributed by atoms with Crippen LogP contribution in [0, 0.1) is 19.8 Å². The Morgan fingerprint density at radius 2 is 1.61 bits per heavy atom. The lowest BCUT2D eigenvalue weighted by molar-refractivity contribution is -0.117. The summed E-state index contributed by atoms with van der Waals surface area (Å²) in [5.41, 5.74) is 9.64. The summed E-state index contributed by atoms with van der Waals surface area (Å²) in [5.74, 6) is -0.438. The molecule has 2 N–H and O–H groups in total. The van der Waals surface area contributed by atoms with Gasteiger partial charge in [0.25, 0.3) is 5.91 Å². The number of carbonyl (C=O) groups excluding carboxylic acids is 2. The highest BCUT2D eigenvalue weighted by atomic mass is 32.2. The van der Waals surface area contributed by atoms with Gasteiger partial charge in [-0.25, -0.2) is 13.4 Å². The Bertz CT molecular complexity index is 1090. The fraction of sp³-hybridized carbons (Fsp3) is 0.478. The number of aromatic nitrogens is 2. The SMILES string of the molecule is Cc1nc(C)c(-c2ccc(C3CCC(CC(=O)CS(C)(=O)=O)CC3)cc2)nc1C(N)=O. The molecule has 1 fully saturated rings. The third kappa shape index (κ3) is 5.97. The molecule has 166 valence electrons. The molecule has 1 heterocycles. The number of primary amides is 1. The zero-order chi connectivity index (χ0) is 22.8. The monoisotopic (exact) mass is 443 g/mol. The van der Waals surface area contributed by atoms with Crippen molar-refractivity contribution >= 4 is 21.5 Å². The van der Waals surface area contributed by atoms with Crippen LogP contribution in [0.5, 0.6) is 0 Å². The number of ketones is 1. The number of aryl methyl sites for hydroxylation is 2. The summed E-state index contributed by atoms with van der Waals surface area (Å²) < 4.78 is 22.6. The number of benzene rings is 1. The van der Waals surface area contributed by atoms with Gasteiger partial charge in [0.1, 0.15) is 17.2 Å². The minimum absolute atomic E-state index is 0.180. The summed E-state index contributed by atoms with van der Waals surface area (Å²) in [6, 6.07) is 8.16. The zero-order valence-electron chi connectivity index (χ0n) is 18.2. The molecule has 0 radical (unpaired) electrons. The van der Waals surface area contributed by atoms with Gasteiger partial charge in [0.05, 0.1) is 17.1 Å². The van der Waals surface area contributed by atoms with Crippen molar-refractivity contribution in [3.63, 3.8) is 0 Å². The molecule has 2 aromatic rings. The molecule has 1 saturated carbocycles. The van der Waals surface area contributed by atoms with E-state index in [0.29, 0.717) is 23.7 Å². The number of Topliss-reactive ketones (excluding diaryl/α,β-unsaturated/α-hetero) is 1. The van der Waals surface area contributed by atoms with Crippen molar-refractivity contribution in [2.45, 2.75) is 51.9 Å². The number of hydrogen-bond acceptors (Lipinski definition) is 6. The van der Waals surface area contributed by atoms with Crippen molar-refractivity contribution in [2.75, 3.05) is 12.0 Å². The number of carbonyl (C=O) groups is 2. The van der Waals surface area contributed by atoms with E-state index >= 15 is 0 Å². The van der Waals surface area contributed by atoms with Gasteiger partial charge in [-0.05, 0) is 56.9 Å². The summed E-state index contributed by atoms with van der Waals surface area (Å²) in [7, 11) is -3.25. The molecule has 8 heteroatoms. The maximum atomic E-state index is 11.9. The van der Waals surface area contributed by atoms with Crippen LogP contribution in [0.25, 0.3) is 11.3 Å². The van der Waals surface area contributed by atoms with Gasteiger partial charge < -0.3 is 5.73 Å². The summed E-state index contributed by atoms with van der Waals surface area (Å²) >= 11 is 0. The van der Waals surface area contributed by atoms with Gasteiger partial charge in [-0.2, -0.15) is 0 Å². The van der Waals surface area contributed by atoms with Crippen LogP contribution in [-0.2, 0) is 14.6 Å². The second-order valence-electron chi connectivity index (χ2n) is 8.61. The van der Waals surface area contributed by atoms with Crippen LogP contribution in [0.3, 0.4) is 0 Å². The zero-order valence-corrected chi connectivity index (χ0v) is 19.0. The van der Waals surface area contributed by atoms with Crippen LogP contribution >= 0.6 is 0 Å². The van der Waals surface area contributed by atoms with Gasteiger partial charge in [-0.15, -0.1) is 0 Å². The predicted molar refractivity (Wildman–Crippen MR) is 119 cm³/mol. The quantitative estimate of drug-likeness (QED) is 0.702. The van der Waals surface area contributed by atoms with Gasteiger partial charge in [0.2, 0.25) is 0 Å². The fourth-order valence-electron chi connectivity index (χ4n) is 4.42. The van der Waals surface area contributed by atoms with E-state index in [1.807, 2.05) is 19.1 Å². The van der Waals surface area contributed by atoms with E-state index in [1.165, 1.54) is 5.56 Å². The molecule has 1 aromatic carbocycles. The smallest absolute Gasteiger partial charge is 0.269 e. The summed E-state index contributed by atoms with van der Waals surface area (Å²) in [5, 5.41) is 0. The van der Waals surface area contributed by atoms with Crippen LogP contribution in [0.4, 0.5) is 0 Å². The second kappa shape index (κ2) is 9.26. The molecule has 1 amide bonds. The van der Waals surface area contributed by atoms with Crippen LogP contribution in [0.1, 0.15) is 65.5 Å². The molecule has 0 saturated heterocycles. The van der Waals surface area contributed by atoms with Crippen LogP contribution < -0.4 is 5.73 Å². The number of amides is 1. The molecule has 1 aliphatic carbocycles. The van der Waals surface area contributed by atoms with Crippen molar-refractivity contribution in [2.24, 2.45) is 11.7 Å². The van der Waals surface area contributed by atoms with Crippen molar-refractivity contribution in [1.29, 1.82) is 0 Å². The van der Waals surface area contributed by atoms with Gasteiger partial charge in [-0.3, -0.25) is 14.6 Å². The third-order valence-electron chi connectivity index (χ3n) is 5.92. The highest BCUT2D eigenvalue weighted by Crippen LogP contribution is 2.37. The van der Waals surface area contributed by atoms with Gasteiger partial charge in [0.15, 0.2) is 9.84 Å². The lowest BCUT2D eigenvalue weighted by Gasteiger charge is -2.28. The standard InChI is InChI=1S/C23H29N3O4S/c1-14-21(26-22(23(24)28)15(2)25-14)19-10-8-18(9-11-19)17-6-4-16(5-7-17)12-20(27)13-31(3,29)30/h8-11,16-17H,4-7,12-13H2,1-3H3,(H2,24,28). The molecular weight excluding hydrogens is 414 g/mol. The lowest BCUT2D eigenvalue weighted by Crippen LogP contribution is -2.21. The molecule has 0 bridgehead atoms. The van der Waals surface area contributed by atoms with Crippen molar-refractivity contribution in [3.8, 4) is 11.3 Å². The number of rotatable bonds is 7. The van der Waals surface area contributed by atoms with Gasteiger partial charge in [0, 0.05) is 18.2 Å². The highest BCUT2D eigenvalue weighted by Gasteiger charge is 2.25. The van der Waals surface area contributed by atoms with Gasteiger partial charge >= 0.3 is 0 Å². The fourth-order valence-corrected chi connectivity index (χ4v) is 5.13. The first-order valence-electron chi connectivity index (χ1n) is 10.5. The minimum Gasteiger partial charge on any atom is -0.364 e. The average Bonchev–Trinajstić information content (AvgIpc) is 2.67. The van der Waals surface area contributed by atoms with E-state index in [4.69, 9.17) is 5.73 Å². The molecule has 31 heavy (non-hydrogen) atoms. The van der Waals surface area contributed by atoms with E-state index in [1.54, 1.807) is 6.92 Å². The summed E-state index contributed by atoms with van der Waals surface area (Å²) in [4.78, 5) is 32.4. The molecule has 0 atom stereocenters. The van der Waals surface area contributed by atoms with Crippen LogP contribution in [-0.4, -0.2) is 42.1 Å². The van der Waals surface area contributed by atoms with Crippen LogP contribution in [0.15, 0.2) is 24.3 Å². The Labute approximate surface area is 183 Å². The Morgan fingerprint density at radius 3 is 2.16 bits per heavy atom. The molecule has 0 spiro atoms. The van der Waals surface area contributed by atoms with Gasteiger partial charge in [-0.1, -0.05) is 24.3 Å². The van der Waals surface area contributed by atoms with E-state index in [0.717, 1.165) is 43.2 Å². The first-order valence-corrected chi connectivity index (χ1v) is 12.5. The molecule has 3 rings (SSSR count). The lowest BCUT2D eigenvalue weighted by atomic mass is 9.77. The van der Waals surface area contributed by atoms with E-state index in [-0.39, 0.29) is 23.1 Å². The number of sulfone groups is 1. The molecule has 0 aliphatic heterocycles. The molecule has 1 aliphatic rings. The van der Waals surface area contributed by atoms with Crippen LogP contribution in [0.2, 0.25) is 0 Å². The van der Waals surface area contributed by atoms with E-state index in [9.17, 15) is 18.0 Å². The topological polar surface area (TPSA) is 120 Å². The average molecular weight is 444 g/mol. The summed E-state index contributed by atoms with van der Waals surface area (Å²) in [6.07, 6.45) is 5.26. The highest BCUT2D eigenvalue weighted by molar-refractivity contribution is 7.91. The second-order valence-corrected chi connectivity index (χ2v) is 10.7. The maximum absolute atomic E-state index is 11.9. The molecule has 7 nitrogen and oxygen atoms in total. The van der Waals surface area contributed by atoms with Crippen molar-refractivity contribution < 1.29 is 18.0 Å². The minimum atomic E-state index is -3.25. The molecular formula is C23H29N3O4S. The Balaban J connectivity index is 1.65. The largest absolute Gasteiger partial charge is 0.364 e. The normalized spacial score (nSPS) is 19.2. The first-order chi connectivity index (χ1) is 14.5. The predicted octanol–water partition coefficient (Wildman–Crippen LogP) is 3.14. The molecule has 1 aromatic heterocycles. The third-order valence-corrected chi connectivity index (χ3v) is 6.77. The first kappa shape index (κ1) is 23.1. The van der Waals surface area contributed by atoms with E-state index in [2.05, 4.69) is 22.1 Å². The maximum Gasteiger partial charge on any atom is 0.269 e. The number of hydrogen-bond donors (Lipinski definition) is 1. The van der Waals surface area contributed by atoms with E-state index < -0.39 is 15.7 Å². The van der Waals surface area contributed by atoms with Crippen molar-refractivity contribution in [1.82, 2.24) is 9.97 Å². The Morgan fingerprint density at radius 1 is 1.00 bits per heavy atom. The Hall–Kier alpha value is -2.61. The molecule has 0 unspecified atom stereocenters. The Kier molecular flexibility index (Phi) is 6.89. The summed E-state index contributed by atoms with van der Waals surface area (Å²) in [6.45, 7) is 3.58. The number of nitrogens with zero attached hydrogens (tertiary/aromatic N) is 2. The number of nitrogens with two attached hydrogens (primary N) is 1.